The normalized spacial score (nSPS) is 11.8. The van der Waals surface area contributed by atoms with Gasteiger partial charge in [-0.15, -0.1) is 0 Å². The molecule has 1 N–H and O–H groups in total. The van der Waals surface area contributed by atoms with Crippen LogP contribution in [0.15, 0.2) is 81.4 Å². The summed E-state index contributed by atoms with van der Waals surface area (Å²) >= 11 is 0. The number of ether oxygens (including phenoxy) is 2. The fourth-order valence-electron chi connectivity index (χ4n) is 3.25. The molecular formula is C23H25NO6S2. The summed E-state index contributed by atoms with van der Waals surface area (Å²) in [5.41, 5.74) is 1.23. The van der Waals surface area contributed by atoms with Crippen LogP contribution in [0.5, 0.6) is 11.5 Å². The zero-order chi connectivity index (χ0) is 23.4. The summed E-state index contributed by atoms with van der Waals surface area (Å²) in [4.78, 5) is -0.0541. The monoisotopic (exact) mass is 475 g/mol. The zero-order valence-electron chi connectivity index (χ0n) is 18.0. The van der Waals surface area contributed by atoms with Crippen molar-refractivity contribution in [1.29, 1.82) is 0 Å². The highest BCUT2D eigenvalue weighted by molar-refractivity contribution is 7.91. The van der Waals surface area contributed by atoms with Crippen molar-refractivity contribution in [2.24, 2.45) is 0 Å². The summed E-state index contributed by atoms with van der Waals surface area (Å²) in [5.74, 6) is 1.26. The predicted molar refractivity (Wildman–Crippen MR) is 122 cm³/mol. The summed E-state index contributed by atoms with van der Waals surface area (Å²) in [7, 11) is -4.70. The molecule has 0 heterocycles. The first-order valence-electron chi connectivity index (χ1n) is 9.80. The summed E-state index contributed by atoms with van der Waals surface area (Å²) < 4.78 is 64.9. The van der Waals surface area contributed by atoms with E-state index in [0.29, 0.717) is 23.5 Å². The van der Waals surface area contributed by atoms with E-state index in [4.69, 9.17) is 9.47 Å². The van der Waals surface area contributed by atoms with E-state index in [-0.39, 0.29) is 21.2 Å². The molecule has 0 radical (unpaired) electrons. The molecule has 0 spiro atoms. The molecule has 3 rings (SSSR count). The van der Waals surface area contributed by atoms with Crippen LogP contribution in [0.3, 0.4) is 0 Å². The first-order chi connectivity index (χ1) is 15.2. The summed E-state index contributed by atoms with van der Waals surface area (Å²) in [6.45, 7) is 1.72. The third kappa shape index (κ3) is 5.12. The Balaban J connectivity index is 1.84. The number of nitrogens with one attached hydrogen (secondary N) is 1. The minimum absolute atomic E-state index is 0.0767. The number of sulfonamides is 1. The van der Waals surface area contributed by atoms with Crippen molar-refractivity contribution >= 4 is 19.9 Å². The molecule has 0 aliphatic rings. The van der Waals surface area contributed by atoms with E-state index in [1.165, 1.54) is 37.4 Å². The Hall–Kier alpha value is -2.88. The Labute approximate surface area is 189 Å². The second-order valence-electron chi connectivity index (χ2n) is 7.07. The molecule has 0 amide bonds. The van der Waals surface area contributed by atoms with Crippen LogP contribution in [-0.2, 0) is 26.3 Å². The SMILES string of the molecule is COc1ccc(OC)c(CCNS(=O)(=O)c2cc(S(=O)(=O)c3ccccc3)ccc2C)c1. The van der Waals surface area contributed by atoms with Crippen LogP contribution in [0.2, 0.25) is 0 Å². The molecule has 0 atom stereocenters. The van der Waals surface area contributed by atoms with E-state index in [2.05, 4.69) is 4.72 Å². The van der Waals surface area contributed by atoms with Gasteiger partial charge in [0.15, 0.2) is 0 Å². The van der Waals surface area contributed by atoms with Gasteiger partial charge in [-0.3, -0.25) is 0 Å². The lowest BCUT2D eigenvalue weighted by Gasteiger charge is -2.13. The number of hydrogen-bond donors (Lipinski definition) is 1. The molecule has 0 saturated heterocycles. The molecule has 0 unspecified atom stereocenters. The van der Waals surface area contributed by atoms with Gasteiger partial charge in [-0.25, -0.2) is 21.6 Å². The maximum absolute atomic E-state index is 13.0. The van der Waals surface area contributed by atoms with Crippen LogP contribution in [0.25, 0.3) is 0 Å². The van der Waals surface area contributed by atoms with E-state index in [0.717, 1.165) is 5.56 Å². The fraction of sp³-hybridized carbons (Fsp3) is 0.217. The van der Waals surface area contributed by atoms with Crippen LogP contribution < -0.4 is 14.2 Å². The highest BCUT2D eigenvalue weighted by atomic mass is 32.2. The topological polar surface area (TPSA) is 98.8 Å². The van der Waals surface area contributed by atoms with Crippen molar-refractivity contribution in [3.05, 3.63) is 77.9 Å². The molecule has 7 nitrogen and oxygen atoms in total. The van der Waals surface area contributed by atoms with Crippen LogP contribution in [0, 0.1) is 6.92 Å². The van der Waals surface area contributed by atoms with Crippen molar-refractivity contribution < 1.29 is 26.3 Å². The van der Waals surface area contributed by atoms with Gasteiger partial charge in [0.05, 0.1) is 28.9 Å². The lowest BCUT2D eigenvalue weighted by molar-refractivity contribution is 0.398. The van der Waals surface area contributed by atoms with Crippen molar-refractivity contribution in [1.82, 2.24) is 4.72 Å². The molecule has 9 heteroatoms. The molecule has 0 fully saturated rings. The molecule has 3 aromatic carbocycles. The van der Waals surface area contributed by atoms with Crippen molar-refractivity contribution in [2.75, 3.05) is 20.8 Å². The fourth-order valence-corrected chi connectivity index (χ4v) is 5.93. The van der Waals surface area contributed by atoms with Crippen molar-refractivity contribution in [3.8, 4) is 11.5 Å². The Morgan fingerprint density at radius 1 is 0.812 bits per heavy atom. The van der Waals surface area contributed by atoms with Crippen LogP contribution in [0.4, 0.5) is 0 Å². The molecule has 0 bridgehead atoms. The van der Waals surface area contributed by atoms with Crippen LogP contribution >= 0.6 is 0 Å². The zero-order valence-corrected chi connectivity index (χ0v) is 19.7. The van der Waals surface area contributed by atoms with Gasteiger partial charge in [-0.05, 0) is 66.9 Å². The third-order valence-corrected chi connectivity index (χ3v) is 8.36. The van der Waals surface area contributed by atoms with E-state index >= 15 is 0 Å². The smallest absolute Gasteiger partial charge is 0.240 e. The second kappa shape index (κ2) is 9.72. The lowest BCUT2D eigenvalue weighted by atomic mass is 10.1. The first-order valence-corrected chi connectivity index (χ1v) is 12.8. The Kier molecular flexibility index (Phi) is 7.22. The van der Waals surface area contributed by atoms with Crippen molar-refractivity contribution in [2.45, 2.75) is 28.0 Å². The van der Waals surface area contributed by atoms with Gasteiger partial charge < -0.3 is 9.47 Å². The number of sulfone groups is 1. The van der Waals surface area contributed by atoms with Gasteiger partial charge in [0.1, 0.15) is 11.5 Å². The van der Waals surface area contributed by atoms with Gasteiger partial charge in [-0.1, -0.05) is 24.3 Å². The number of aryl methyl sites for hydroxylation is 1. The second-order valence-corrected chi connectivity index (χ2v) is 10.8. The average Bonchev–Trinajstić information content (AvgIpc) is 2.79. The third-order valence-electron chi connectivity index (χ3n) is 4.99. The minimum Gasteiger partial charge on any atom is -0.497 e. The standard InChI is InChI=1S/C23H25NO6S2/c1-17-9-11-21(31(25,26)20-7-5-4-6-8-20)16-23(17)32(27,28)24-14-13-18-15-19(29-2)10-12-22(18)30-3/h4-12,15-16,24H,13-14H2,1-3H3. The van der Waals surface area contributed by atoms with Crippen molar-refractivity contribution in [3.63, 3.8) is 0 Å². The van der Waals surface area contributed by atoms with E-state index < -0.39 is 19.9 Å². The molecule has 0 aromatic heterocycles. The van der Waals surface area contributed by atoms with Gasteiger partial charge in [-0.2, -0.15) is 0 Å². The molecule has 3 aromatic rings. The van der Waals surface area contributed by atoms with E-state index in [1.807, 2.05) is 0 Å². The summed E-state index contributed by atoms with van der Waals surface area (Å²) in [6.07, 6.45) is 0.362. The summed E-state index contributed by atoms with van der Waals surface area (Å²) in [5, 5.41) is 0. The number of methoxy groups -OCH3 is 2. The van der Waals surface area contributed by atoms with Gasteiger partial charge in [0, 0.05) is 6.54 Å². The number of hydrogen-bond acceptors (Lipinski definition) is 6. The maximum Gasteiger partial charge on any atom is 0.240 e. The Morgan fingerprint density at radius 2 is 1.53 bits per heavy atom. The average molecular weight is 476 g/mol. The molecular weight excluding hydrogens is 450 g/mol. The van der Waals surface area contributed by atoms with Crippen LogP contribution in [0.1, 0.15) is 11.1 Å². The highest BCUT2D eigenvalue weighted by Crippen LogP contribution is 2.26. The van der Waals surface area contributed by atoms with Crippen LogP contribution in [-0.4, -0.2) is 37.6 Å². The predicted octanol–water partition coefficient (Wildman–Crippen LogP) is 3.37. The summed E-state index contributed by atoms with van der Waals surface area (Å²) in [6, 6.07) is 17.3. The molecule has 0 aliphatic carbocycles. The maximum atomic E-state index is 13.0. The number of rotatable bonds is 9. The Bertz CT molecular complexity index is 1300. The van der Waals surface area contributed by atoms with Gasteiger partial charge in [0.25, 0.3) is 0 Å². The molecule has 0 saturated carbocycles. The molecule has 170 valence electrons. The number of benzene rings is 3. The van der Waals surface area contributed by atoms with Gasteiger partial charge >= 0.3 is 0 Å². The minimum atomic E-state index is -3.95. The van der Waals surface area contributed by atoms with Gasteiger partial charge in [0.2, 0.25) is 19.9 Å². The molecule has 32 heavy (non-hydrogen) atoms. The highest BCUT2D eigenvalue weighted by Gasteiger charge is 2.23. The lowest BCUT2D eigenvalue weighted by Crippen LogP contribution is -2.27. The quantitative estimate of drug-likeness (QED) is 0.510. The molecule has 0 aliphatic heterocycles. The first kappa shape index (κ1) is 23.8. The van der Waals surface area contributed by atoms with E-state index in [1.54, 1.807) is 50.4 Å². The largest absolute Gasteiger partial charge is 0.497 e. The Morgan fingerprint density at radius 3 is 2.19 bits per heavy atom. The van der Waals surface area contributed by atoms with E-state index in [9.17, 15) is 16.8 Å².